The van der Waals surface area contributed by atoms with E-state index in [0.717, 1.165) is 23.8 Å². The summed E-state index contributed by atoms with van der Waals surface area (Å²) in [4.78, 5) is 0.878. The summed E-state index contributed by atoms with van der Waals surface area (Å²) in [6, 6.07) is 3.78. The van der Waals surface area contributed by atoms with Crippen molar-refractivity contribution in [1.29, 1.82) is 0 Å². The fraction of sp³-hybridized carbons (Fsp3) is 0.200. The van der Waals surface area contributed by atoms with Crippen molar-refractivity contribution in [2.75, 3.05) is 7.11 Å². The largest absolute Gasteiger partial charge is 0.496 e. The molecular weight excluding hydrogens is 376 g/mol. The summed E-state index contributed by atoms with van der Waals surface area (Å²) in [6.07, 6.45) is -0.606. The van der Waals surface area contributed by atoms with Gasteiger partial charge in [0.25, 0.3) is 0 Å². The zero-order chi connectivity index (χ0) is 11.7. The van der Waals surface area contributed by atoms with E-state index in [9.17, 15) is 5.11 Å². The average molecular weight is 384 g/mol. The van der Waals surface area contributed by atoms with Crippen LogP contribution in [0.1, 0.15) is 16.5 Å². The van der Waals surface area contributed by atoms with Gasteiger partial charge in [0, 0.05) is 15.8 Å². The SMILES string of the molecule is COc1csc(C(O)c2cc(Br)sc2Br)c1. The van der Waals surface area contributed by atoms with Crippen molar-refractivity contribution in [3.05, 3.63) is 35.5 Å². The lowest BCUT2D eigenvalue weighted by Gasteiger charge is -2.06. The summed E-state index contributed by atoms with van der Waals surface area (Å²) >= 11 is 9.88. The second-order valence-electron chi connectivity index (χ2n) is 3.07. The van der Waals surface area contributed by atoms with Crippen molar-refractivity contribution in [1.82, 2.24) is 0 Å². The zero-order valence-electron chi connectivity index (χ0n) is 8.24. The van der Waals surface area contributed by atoms with E-state index in [1.807, 2.05) is 17.5 Å². The molecule has 0 aromatic carbocycles. The van der Waals surface area contributed by atoms with E-state index in [-0.39, 0.29) is 0 Å². The van der Waals surface area contributed by atoms with E-state index in [2.05, 4.69) is 31.9 Å². The van der Waals surface area contributed by atoms with Crippen LogP contribution in [0.3, 0.4) is 0 Å². The van der Waals surface area contributed by atoms with E-state index in [0.29, 0.717) is 0 Å². The van der Waals surface area contributed by atoms with Crippen LogP contribution in [0.15, 0.2) is 25.1 Å². The quantitative estimate of drug-likeness (QED) is 0.849. The van der Waals surface area contributed by atoms with E-state index < -0.39 is 6.10 Å². The Kier molecular flexibility index (Phi) is 4.07. The highest BCUT2D eigenvalue weighted by molar-refractivity contribution is 9.12. The van der Waals surface area contributed by atoms with E-state index in [4.69, 9.17) is 4.74 Å². The molecule has 0 aliphatic heterocycles. The molecule has 2 rings (SSSR count). The minimum Gasteiger partial charge on any atom is -0.496 e. The Hall–Kier alpha value is 0.120. The highest BCUT2D eigenvalue weighted by Gasteiger charge is 2.18. The van der Waals surface area contributed by atoms with Crippen molar-refractivity contribution >= 4 is 54.5 Å². The van der Waals surface area contributed by atoms with Crippen LogP contribution in [0.2, 0.25) is 0 Å². The zero-order valence-corrected chi connectivity index (χ0v) is 13.0. The third kappa shape index (κ3) is 2.51. The van der Waals surface area contributed by atoms with Crippen LogP contribution in [0.4, 0.5) is 0 Å². The van der Waals surface area contributed by atoms with E-state index >= 15 is 0 Å². The Morgan fingerprint density at radius 1 is 1.38 bits per heavy atom. The molecule has 2 nitrogen and oxygen atoms in total. The number of aliphatic hydroxyl groups is 1. The number of thiophene rings is 2. The lowest BCUT2D eigenvalue weighted by atomic mass is 10.2. The molecule has 0 spiro atoms. The standard InChI is InChI=1S/C10H8Br2O2S2/c1-14-5-2-7(15-4-5)9(13)6-3-8(11)16-10(6)12/h2-4,9,13H,1H3. The minimum atomic E-state index is -0.606. The Balaban J connectivity index is 2.31. The molecule has 0 fully saturated rings. The van der Waals surface area contributed by atoms with Gasteiger partial charge < -0.3 is 9.84 Å². The third-order valence-electron chi connectivity index (χ3n) is 2.08. The molecule has 1 N–H and O–H groups in total. The van der Waals surface area contributed by atoms with Gasteiger partial charge in [0.05, 0.1) is 14.7 Å². The molecule has 2 heterocycles. The summed E-state index contributed by atoms with van der Waals surface area (Å²) < 4.78 is 7.04. The molecule has 0 saturated carbocycles. The maximum absolute atomic E-state index is 10.2. The molecule has 0 saturated heterocycles. The van der Waals surface area contributed by atoms with E-state index in [1.54, 1.807) is 18.4 Å². The van der Waals surface area contributed by atoms with Gasteiger partial charge in [-0.15, -0.1) is 22.7 Å². The highest BCUT2D eigenvalue weighted by Crippen LogP contribution is 2.39. The van der Waals surface area contributed by atoms with Crippen LogP contribution in [-0.4, -0.2) is 12.2 Å². The smallest absolute Gasteiger partial charge is 0.129 e. The van der Waals surface area contributed by atoms with Gasteiger partial charge in [-0.3, -0.25) is 0 Å². The molecule has 1 unspecified atom stereocenters. The first-order valence-corrected chi connectivity index (χ1v) is 7.65. The van der Waals surface area contributed by atoms with Crippen LogP contribution in [0.25, 0.3) is 0 Å². The van der Waals surface area contributed by atoms with Gasteiger partial charge in [-0.05, 0) is 44.0 Å². The molecule has 0 aliphatic rings. The lowest BCUT2D eigenvalue weighted by Crippen LogP contribution is -1.95. The first-order valence-electron chi connectivity index (χ1n) is 4.37. The summed E-state index contributed by atoms with van der Waals surface area (Å²) in [5.41, 5.74) is 0.876. The molecule has 0 bridgehead atoms. The number of halogens is 2. The first-order chi connectivity index (χ1) is 7.61. The Morgan fingerprint density at radius 3 is 2.62 bits per heavy atom. The number of aliphatic hydroxyl groups excluding tert-OH is 1. The van der Waals surface area contributed by atoms with Gasteiger partial charge in [0.1, 0.15) is 11.9 Å². The van der Waals surface area contributed by atoms with Gasteiger partial charge in [-0.2, -0.15) is 0 Å². The third-order valence-corrected chi connectivity index (χ3v) is 5.43. The molecule has 0 amide bonds. The molecule has 6 heteroatoms. The van der Waals surface area contributed by atoms with Gasteiger partial charge in [0.15, 0.2) is 0 Å². The van der Waals surface area contributed by atoms with Crippen LogP contribution in [-0.2, 0) is 0 Å². The van der Waals surface area contributed by atoms with Crippen molar-refractivity contribution in [3.63, 3.8) is 0 Å². The number of hydrogen-bond acceptors (Lipinski definition) is 4. The van der Waals surface area contributed by atoms with E-state index in [1.165, 1.54) is 11.3 Å². The molecule has 16 heavy (non-hydrogen) atoms. The topological polar surface area (TPSA) is 29.5 Å². The average Bonchev–Trinajstić information content (AvgIpc) is 2.84. The van der Waals surface area contributed by atoms with Gasteiger partial charge in [-0.1, -0.05) is 0 Å². The highest BCUT2D eigenvalue weighted by atomic mass is 79.9. The second kappa shape index (κ2) is 5.18. The van der Waals surface area contributed by atoms with Gasteiger partial charge in [-0.25, -0.2) is 0 Å². The lowest BCUT2D eigenvalue weighted by molar-refractivity contribution is 0.223. The maximum Gasteiger partial charge on any atom is 0.129 e. The normalized spacial score (nSPS) is 12.8. The minimum absolute atomic E-state index is 0.606. The monoisotopic (exact) mass is 382 g/mol. The fourth-order valence-corrected chi connectivity index (χ4v) is 5.02. The Labute approximate surface area is 118 Å². The number of ether oxygens (including phenoxy) is 1. The molecule has 2 aromatic rings. The van der Waals surface area contributed by atoms with Crippen molar-refractivity contribution in [3.8, 4) is 5.75 Å². The molecule has 0 aliphatic carbocycles. The maximum atomic E-state index is 10.2. The van der Waals surface area contributed by atoms with Gasteiger partial charge >= 0.3 is 0 Å². The summed E-state index contributed by atoms with van der Waals surface area (Å²) in [5.74, 6) is 0.782. The molecule has 86 valence electrons. The predicted octanol–water partition coefficient (Wildman–Crippen LogP) is 4.42. The van der Waals surface area contributed by atoms with Crippen LogP contribution < -0.4 is 4.74 Å². The summed E-state index contributed by atoms with van der Waals surface area (Å²) in [7, 11) is 1.62. The summed E-state index contributed by atoms with van der Waals surface area (Å²) in [5, 5.41) is 12.1. The van der Waals surface area contributed by atoms with Crippen molar-refractivity contribution in [2.24, 2.45) is 0 Å². The number of methoxy groups -OCH3 is 1. The predicted molar refractivity (Wildman–Crippen MR) is 74.7 cm³/mol. The van der Waals surface area contributed by atoms with Gasteiger partial charge in [0.2, 0.25) is 0 Å². The molecule has 0 radical (unpaired) electrons. The van der Waals surface area contributed by atoms with Crippen molar-refractivity contribution in [2.45, 2.75) is 6.10 Å². The van der Waals surface area contributed by atoms with Crippen LogP contribution in [0.5, 0.6) is 5.75 Å². The molecular formula is C10H8Br2O2S2. The fourth-order valence-electron chi connectivity index (χ4n) is 1.28. The Morgan fingerprint density at radius 2 is 2.12 bits per heavy atom. The van der Waals surface area contributed by atoms with Crippen molar-refractivity contribution < 1.29 is 9.84 Å². The number of hydrogen-bond donors (Lipinski definition) is 1. The van der Waals surface area contributed by atoms with Crippen LogP contribution in [0, 0.1) is 0 Å². The first kappa shape index (κ1) is 12.6. The second-order valence-corrected chi connectivity index (χ2v) is 7.76. The number of rotatable bonds is 3. The molecule has 2 aromatic heterocycles. The Bertz CT molecular complexity index is 493. The molecule has 1 atom stereocenters. The van der Waals surface area contributed by atoms with Crippen LogP contribution >= 0.6 is 54.5 Å². The summed E-state index contributed by atoms with van der Waals surface area (Å²) in [6.45, 7) is 0.